The summed E-state index contributed by atoms with van der Waals surface area (Å²) in [6, 6.07) is 2.01. The molecular formula is C15H18N6O2S. The van der Waals surface area contributed by atoms with Gasteiger partial charge in [0.2, 0.25) is 17.7 Å². The van der Waals surface area contributed by atoms with Crippen LogP contribution in [0.15, 0.2) is 16.0 Å². The van der Waals surface area contributed by atoms with Crippen LogP contribution < -0.4 is 5.32 Å². The highest BCUT2D eigenvalue weighted by Crippen LogP contribution is 2.26. The summed E-state index contributed by atoms with van der Waals surface area (Å²) in [6.07, 6.45) is 2.35. The van der Waals surface area contributed by atoms with Crippen LogP contribution in [-0.4, -0.2) is 31.2 Å². The Morgan fingerprint density at radius 3 is 3.00 bits per heavy atom. The third-order valence-electron chi connectivity index (χ3n) is 3.36. The number of rotatable bonds is 7. The molecule has 3 heterocycles. The highest BCUT2D eigenvalue weighted by atomic mass is 32.1. The number of nitrogens with zero attached hydrogens (tertiary/aromatic N) is 4. The predicted molar refractivity (Wildman–Crippen MR) is 89.7 cm³/mol. The third-order valence-corrected chi connectivity index (χ3v) is 4.39. The first-order chi connectivity index (χ1) is 11.7. The lowest BCUT2D eigenvalue weighted by Gasteiger charge is -1.98. The van der Waals surface area contributed by atoms with Gasteiger partial charge in [0.05, 0.1) is 4.88 Å². The van der Waals surface area contributed by atoms with E-state index in [1.165, 1.54) is 0 Å². The maximum Gasteiger partial charge on any atom is 0.249 e. The van der Waals surface area contributed by atoms with E-state index in [9.17, 15) is 4.79 Å². The van der Waals surface area contributed by atoms with Crippen molar-refractivity contribution in [2.75, 3.05) is 5.32 Å². The van der Waals surface area contributed by atoms with Gasteiger partial charge >= 0.3 is 0 Å². The van der Waals surface area contributed by atoms with Crippen molar-refractivity contribution in [3.8, 4) is 10.7 Å². The lowest BCUT2D eigenvalue weighted by Crippen LogP contribution is -2.13. The quantitative estimate of drug-likeness (QED) is 0.681. The van der Waals surface area contributed by atoms with E-state index in [-0.39, 0.29) is 18.3 Å². The first-order valence-electron chi connectivity index (χ1n) is 7.74. The Hall–Kier alpha value is -2.55. The van der Waals surface area contributed by atoms with Gasteiger partial charge < -0.3 is 4.52 Å². The number of aromatic amines is 1. The van der Waals surface area contributed by atoms with Crippen molar-refractivity contribution in [1.29, 1.82) is 0 Å². The van der Waals surface area contributed by atoms with Crippen LogP contribution >= 0.6 is 11.3 Å². The summed E-state index contributed by atoms with van der Waals surface area (Å²) in [7, 11) is 0. The van der Waals surface area contributed by atoms with E-state index in [2.05, 4.69) is 30.6 Å². The first kappa shape index (κ1) is 16.3. The molecule has 126 valence electrons. The molecule has 0 bridgehead atoms. The molecule has 0 radical (unpaired) electrons. The van der Waals surface area contributed by atoms with E-state index in [0.29, 0.717) is 24.0 Å². The van der Waals surface area contributed by atoms with E-state index in [1.54, 1.807) is 11.3 Å². The first-order valence-corrected chi connectivity index (χ1v) is 8.62. The van der Waals surface area contributed by atoms with Crippen LogP contribution in [0.3, 0.4) is 0 Å². The van der Waals surface area contributed by atoms with Gasteiger partial charge in [0.15, 0.2) is 11.6 Å². The van der Waals surface area contributed by atoms with Crippen LogP contribution in [0.2, 0.25) is 0 Å². The molecule has 8 nitrogen and oxygen atoms in total. The maximum absolute atomic E-state index is 12.0. The Labute approximate surface area is 142 Å². The molecule has 0 aliphatic rings. The molecule has 0 fully saturated rings. The summed E-state index contributed by atoms with van der Waals surface area (Å²) in [4.78, 5) is 21.5. The van der Waals surface area contributed by atoms with Crippen molar-refractivity contribution in [2.24, 2.45) is 0 Å². The van der Waals surface area contributed by atoms with Crippen molar-refractivity contribution in [2.45, 2.75) is 39.5 Å². The van der Waals surface area contributed by atoms with Gasteiger partial charge in [0, 0.05) is 19.3 Å². The molecule has 0 atom stereocenters. The molecule has 2 N–H and O–H groups in total. The van der Waals surface area contributed by atoms with Crippen LogP contribution in [0.5, 0.6) is 0 Å². The molecule has 3 aromatic heterocycles. The maximum atomic E-state index is 12.0. The second-order valence-electron chi connectivity index (χ2n) is 5.34. The molecular weight excluding hydrogens is 328 g/mol. The fourth-order valence-electron chi connectivity index (χ4n) is 2.16. The number of carbonyl (C=O) groups is 1. The van der Waals surface area contributed by atoms with E-state index in [4.69, 9.17) is 4.52 Å². The molecule has 24 heavy (non-hydrogen) atoms. The van der Waals surface area contributed by atoms with Crippen molar-refractivity contribution in [3.05, 3.63) is 28.7 Å². The second-order valence-corrected chi connectivity index (χ2v) is 6.26. The molecule has 0 saturated carbocycles. The molecule has 9 heteroatoms. The molecule has 0 spiro atoms. The molecule has 3 rings (SSSR count). The van der Waals surface area contributed by atoms with E-state index in [0.717, 1.165) is 23.3 Å². The number of aryl methyl sites for hydroxylation is 3. The fraction of sp³-hybridized carbons (Fsp3) is 0.400. The van der Waals surface area contributed by atoms with Crippen LogP contribution in [0.1, 0.15) is 37.0 Å². The number of hydrogen-bond donors (Lipinski definition) is 2. The standard InChI is InChI=1S/C15H18N6O2S/c1-3-4-10-16-12(23-21-10)6-5-11(22)17-15-18-14(19-20-15)13-9(2)7-8-24-13/h7-8H,3-6H2,1-2H3,(H2,17,18,19,20,22). The van der Waals surface area contributed by atoms with Gasteiger partial charge in [-0.1, -0.05) is 12.1 Å². The molecule has 1 amide bonds. The zero-order valence-corrected chi connectivity index (χ0v) is 14.3. The van der Waals surface area contributed by atoms with E-state index in [1.807, 2.05) is 25.3 Å². The van der Waals surface area contributed by atoms with Gasteiger partial charge in [-0.2, -0.15) is 9.97 Å². The highest BCUT2D eigenvalue weighted by molar-refractivity contribution is 7.13. The number of anilines is 1. The summed E-state index contributed by atoms with van der Waals surface area (Å²) in [5.41, 5.74) is 1.12. The third kappa shape index (κ3) is 3.85. The Morgan fingerprint density at radius 1 is 1.38 bits per heavy atom. The van der Waals surface area contributed by atoms with Crippen molar-refractivity contribution < 1.29 is 9.32 Å². The molecule has 0 aliphatic heterocycles. The number of aromatic nitrogens is 5. The SMILES string of the molecule is CCCc1noc(CCC(=O)Nc2n[nH]c(-c3sccc3C)n2)n1. The van der Waals surface area contributed by atoms with Crippen molar-refractivity contribution >= 4 is 23.2 Å². The predicted octanol–water partition coefficient (Wildman–Crippen LogP) is 2.75. The summed E-state index contributed by atoms with van der Waals surface area (Å²) in [5, 5.41) is 15.4. The van der Waals surface area contributed by atoms with Gasteiger partial charge in [0.1, 0.15) is 0 Å². The zero-order valence-electron chi connectivity index (χ0n) is 13.5. The van der Waals surface area contributed by atoms with Crippen LogP contribution in [0, 0.1) is 6.92 Å². The number of nitrogens with one attached hydrogen (secondary N) is 2. The lowest BCUT2D eigenvalue weighted by molar-refractivity contribution is -0.116. The number of amides is 1. The van der Waals surface area contributed by atoms with E-state index >= 15 is 0 Å². The molecule has 0 saturated heterocycles. The number of carbonyl (C=O) groups excluding carboxylic acids is 1. The molecule has 0 unspecified atom stereocenters. The van der Waals surface area contributed by atoms with Crippen molar-refractivity contribution in [3.63, 3.8) is 0 Å². The number of thiophene rings is 1. The number of hydrogen-bond acceptors (Lipinski definition) is 7. The molecule has 0 aliphatic carbocycles. The van der Waals surface area contributed by atoms with Gasteiger partial charge in [-0.3, -0.25) is 15.2 Å². The summed E-state index contributed by atoms with van der Waals surface area (Å²) < 4.78 is 5.11. The average molecular weight is 346 g/mol. The van der Waals surface area contributed by atoms with Gasteiger partial charge in [-0.15, -0.1) is 16.4 Å². The highest BCUT2D eigenvalue weighted by Gasteiger charge is 2.13. The van der Waals surface area contributed by atoms with Crippen LogP contribution in [-0.2, 0) is 17.6 Å². The monoisotopic (exact) mass is 346 g/mol. The normalized spacial score (nSPS) is 10.9. The summed E-state index contributed by atoms with van der Waals surface area (Å²) in [6.45, 7) is 4.05. The topological polar surface area (TPSA) is 110 Å². The van der Waals surface area contributed by atoms with Gasteiger partial charge in [0.25, 0.3) is 0 Å². The smallest absolute Gasteiger partial charge is 0.249 e. The Bertz CT molecular complexity index is 821. The second kappa shape index (κ2) is 7.35. The van der Waals surface area contributed by atoms with Crippen LogP contribution in [0.25, 0.3) is 10.7 Å². The fourth-order valence-corrected chi connectivity index (χ4v) is 3.02. The minimum Gasteiger partial charge on any atom is -0.339 e. The molecule has 0 aromatic carbocycles. The van der Waals surface area contributed by atoms with Crippen LogP contribution in [0.4, 0.5) is 5.95 Å². The molecule has 3 aromatic rings. The van der Waals surface area contributed by atoms with Gasteiger partial charge in [-0.05, 0) is 30.4 Å². The Kier molecular flexibility index (Phi) is 4.99. The Morgan fingerprint density at radius 2 is 2.25 bits per heavy atom. The van der Waals surface area contributed by atoms with E-state index < -0.39 is 0 Å². The minimum absolute atomic E-state index is 0.196. The largest absolute Gasteiger partial charge is 0.339 e. The Balaban J connectivity index is 1.53. The minimum atomic E-state index is -0.196. The average Bonchev–Trinajstić information content (AvgIpc) is 3.27. The summed E-state index contributed by atoms with van der Waals surface area (Å²) >= 11 is 1.57. The van der Waals surface area contributed by atoms with Gasteiger partial charge in [-0.25, -0.2) is 0 Å². The van der Waals surface area contributed by atoms with Crippen molar-refractivity contribution in [1.82, 2.24) is 25.3 Å². The lowest BCUT2D eigenvalue weighted by atomic mass is 10.3. The zero-order chi connectivity index (χ0) is 16.9. The summed E-state index contributed by atoms with van der Waals surface area (Å²) in [5.74, 6) is 1.87. The number of H-pyrrole nitrogens is 1.